The monoisotopic (exact) mass is 377 g/mol. The predicted octanol–water partition coefficient (Wildman–Crippen LogP) is -0.00310. The van der Waals surface area contributed by atoms with E-state index >= 15 is 0 Å². The average molecular weight is 377 g/mol. The van der Waals surface area contributed by atoms with Gasteiger partial charge < -0.3 is 15.2 Å². The molecule has 0 spiro atoms. The standard InChI is InChI=1S/C16H15N3O6S/c1-8(20)25-6-10-7-26-15-11(14(22)19(15)12(10)16(23)24)18-13(21)9-2-4-17-5-3-9/h2-5,11,15H,6-7H2,1H3,(H,18,21)(H,23,24)/t11-,15-/m1/s1. The number of hydrogen-bond donors (Lipinski definition) is 2. The van der Waals surface area contributed by atoms with Crippen LogP contribution in [-0.4, -0.2) is 62.5 Å². The van der Waals surface area contributed by atoms with Crippen molar-refractivity contribution < 1.29 is 29.0 Å². The average Bonchev–Trinajstić information content (AvgIpc) is 2.63. The number of fused-ring (bicyclic) bond motifs is 1. The van der Waals surface area contributed by atoms with Gasteiger partial charge in [-0.05, 0) is 12.1 Å². The van der Waals surface area contributed by atoms with Crippen LogP contribution in [0.4, 0.5) is 0 Å². The molecule has 10 heteroatoms. The number of amides is 2. The lowest BCUT2D eigenvalue weighted by molar-refractivity contribution is -0.149. The van der Waals surface area contributed by atoms with E-state index in [9.17, 15) is 24.3 Å². The van der Waals surface area contributed by atoms with Crippen LogP contribution in [0.3, 0.4) is 0 Å². The van der Waals surface area contributed by atoms with Crippen molar-refractivity contribution in [2.24, 2.45) is 0 Å². The highest BCUT2D eigenvalue weighted by Crippen LogP contribution is 2.40. The first kappa shape index (κ1) is 17.9. The zero-order chi connectivity index (χ0) is 18.8. The highest BCUT2D eigenvalue weighted by atomic mass is 32.2. The van der Waals surface area contributed by atoms with Gasteiger partial charge in [0.25, 0.3) is 11.8 Å². The van der Waals surface area contributed by atoms with Crippen molar-refractivity contribution in [1.29, 1.82) is 0 Å². The number of carboxylic acids is 1. The molecule has 0 aliphatic carbocycles. The maximum atomic E-state index is 12.4. The molecular formula is C16H15N3O6S. The first-order valence-corrected chi connectivity index (χ1v) is 8.69. The quantitative estimate of drug-likeness (QED) is 0.542. The minimum Gasteiger partial charge on any atom is -0.477 e. The summed E-state index contributed by atoms with van der Waals surface area (Å²) in [4.78, 5) is 52.2. The van der Waals surface area contributed by atoms with Crippen LogP contribution in [0.25, 0.3) is 0 Å². The molecule has 3 rings (SSSR count). The number of rotatable bonds is 5. The highest BCUT2D eigenvalue weighted by Gasteiger charge is 2.54. The molecule has 1 aromatic heterocycles. The Bertz CT molecular complexity index is 809. The van der Waals surface area contributed by atoms with Gasteiger partial charge in [-0.15, -0.1) is 11.8 Å². The molecule has 2 atom stereocenters. The van der Waals surface area contributed by atoms with Crippen molar-refractivity contribution in [2.75, 3.05) is 12.4 Å². The summed E-state index contributed by atoms with van der Waals surface area (Å²) in [5.74, 6) is -2.47. The summed E-state index contributed by atoms with van der Waals surface area (Å²) in [6, 6.07) is 2.22. The van der Waals surface area contributed by atoms with Crippen molar-refractivity contribution in [3.8, 4) is 0 Å². The van der Waals surface area contributed by atoms with Crippen molar-refractivity contribution in [3.05, 3.63) is 41.4 Å². The summed E-state index contributed by atoms with van der Waals surface area (Å²) in [5.41, 5.74) is 0.521. The van der Waals surface area contributed by atoms with Crippen LogP contribution in [0.2, 0.25) is 0 Å². The molecule has 0 aromatic carbocycles. The van der Waals surface area contributed by atoms with Crippen molar-refractivity contribution >= 4 is 35.5 Å². The van der Waals surface area contributed by atoms with Crippen molar-refractivity contribution in [3.63, 3.8) is 0 Å². The molecule has 3 heterocycles. The van der Waals surface area contributed by atoms with Gasteiger partial charge in [-0.1, -0.05) is 0 Å². The molecule has 2 N–H and O–H groups in total. The van der Waals surface area contributed by atoms with Crippen LogP contribution in [0.1, 0.15) is 17.3 Å². The van der Waals surface area contributed by atoms with Crippen LogP contribution < -0.4 is 5.32 Å². The molecule has 9 nitrogen and oxygen atoms in total. The van der Waals surface area contributed by atoms with E-state index in [-0.39, 0.29) is 18.1 Å². The lowest BCUT2D eigenvalue weighted by atomic mass is 10.0. The molecule has 0 bridgehead atoms. The maximum absolute atomic E-state index is 12.4. The van der Waals surface area contributed by atoms with E-state index in [1.807, 2.05) is 0 Å². The Labute approximate surface area is 152 Å². The molecule has 1 fully saturated rings. The molecule has 1 saturated heterocycles. The minimum absolute atomic E-state index is 0.186. The molecule has 0 unspecified atom stereocenters. The van der Waals surface area contributed by atoms with Gasteiger partial charge in [0.2, 0.25) is 0 Å². The molecule has 2 aliphatic rings. The molecule has 26 heavy (non-hydrogen) atoms. The summed E-state index contributed by atoms with van der Waals surface area (Å²) in [6.45, 7) is 1.04. The Hall–Kier alpha value is -2.88. The second-order valence-electron chi connectivity index (χ2n) is 5.63. The number of carbonyl (C=O) groups excluding carboxylic acids is 3. The van der Waals surface area contributed by atoms with E-state index in [2.05, 4.69) is 10.3 Å². The fourth-order valence-electron chi connectivity index (χ4n) is 2.71. The zero-order valence-corrected chi connectivity index (χ0v) is 14.5. The summed E-state index contributed by atoms with van der Waals surface area (Å²) in [5, 5.41) is 11.6. The van der Waals surface area contributed by atoms with Crippen LogP contribution in [0.15, 0.2) is 35.8 Å². The number of nitrogens with zero attached hydrogens (tertiary/aromatic N) is 2. The molecular weight excluding hydrogens is 362 g/mol. The first-order chi connectivity index (χ1) is 12.4. The van der Waals surface area contributed by atoms with Crippen molar-refractivity contribution in [2.45, 2.75) is 18.3 Å². The first-order valence-electron chi connectivity index (χ1n) is 7.64. The van der Waals surface area contributed by atoms with Crippen molar-refractivity contribution in [1.82, 2.24) is 15.2 Å². The molecule has 2 amide bonds. The number of nitrogens with one attached hydrogen (secondary N) is 1. The lowest BCUT2D eigenvalue weighted by Gasteiger charge is -2.49. The Morgan fingerprint density at radius 3 is 2.69 bits per heavy atom. The van der Waals surface area contributed by atoms with Crippen LogP contribution in [0.5, 0.6) is 0 Å². The fraction of sp³-hybridized carbons (Fsp3) is 0.312. The Morgan fingerprint density at radius 2 is 2.08 bits per heavy atom. The second kappa shape index (κ2) is 7.16. The van der Waals surface area contributed by atoms with E-state index in [1.54, 1.807) is 0 Å². The van der Waals surface area contributed by atoms with E-state index in [0.717, 1.165) is 4.90 Å². The summed E-state index contributed by atoms with van der Waals surface area (Å²) >= 11 is 1.31. The topological polar surface area (TPSA) is 126 Å². The van der Waals surface area contributed by atoms with Gasteiger partial charge in [-0.3, -0.25) is 24.3 Å². The normalized spacial score (nSPS) is 21.6. The lowest BCUT2D eigenvalue weighted by Crippen LogP contribution is -2.70. The third kappa shape index (κ3) is 3.27. The number of ether oxygens (including phenoxy) is 1. The Morgan fingerprint density at radius 1 is 1.38 bits per heavy atom. The number of aromatic nitrogens is 1. The van der Waals surface area contributed by atoms with Gasteiger partial charge in [-0.25, -0.2) is 4.79 Å². The number of hydrogen-bond acceptors (Lipinski definition) is 7. The van der Waals surface area contributed by atoms with Crippen LogP contribution in [0, 0.1) is 0 Å². The second-order valence-corrected chi connectivity index (χ2v) is 6.74. The third-order valence-corrected chi connectivity index (χ3v) is 5.27. The zero-order valence-electron chi connectivity index (χ0n) is 13.7. The molecule has 2 aliphatic heterocycles. The highest BCUT2D eigenvalue weighted by molar-refractivity contribution is 8.00. The van der Waals surface area contributed by atoms with E-state index in [0.29, 0.717) is 11.1 Å². The molecule has 0 saturated carbocycles. The van der Waals surface area contributed by atoms with Gasteiger partial charge in [0.05, 0.1) is 0 Å². The molecule has 136 valence electrons. The number of aliphatic carboxylic acids is 1. The minimum atomic E-state index is -1.27. The van der Waals surface area contributed by atoms with E-state index < -0.39 is 35.2 Å². The Balaban J connectivity index is 1.76. The number of β-lactam (4-membered cyclic amide) rings is 1. The number of carbonyl (C=O) groups is 4. The largest absolute Gasteiger partial charge is 0.477 e. The van der Waals surface area contributed by atoms with Crippen LogP contribution >= 0.6 is 11.8 Å². The third-order valence-electron chi connectivity index (χ3n) is 3.93. The predicted molar refractivity (Wildman–Crippen MR) is 89.9 cm³/mol. The van der Waals surface area contributed by atoms with Gasteiger partial charge in [0.1, 0.15) is 23.7 Å². The van der Waals surface area contributed by atoms with E-state index in [4.69, 9.17) is 4.74 Å². The molecule has 0 radical (unpaired) electrons. The summed E-state index contributed by atoms with van der Waals surface area (Å²) in [6.07, 6.45) is 2.93. The van der Waals surface area contributed by atoms with Gasteiger partial charge in [0, 0.05) is 36.2 Å². The van der Waals surface area contributed by atoms with Gasteiger partial charge in [-0.2, -0.15) is 0 Å². The number of esters is 1. The Kier molecular flexibility index (Phi) is 4.94. The maximum Gasteiger partial charge on any atom is 0.352 e. The SMILES string of the molecule is CC(=O)OCC1=C(C(=O)O)N2C(=O)[C@@H](NC(=O)c3ccncc3)[C@H]2SC1. The molecule has 1 aromatic rings. The summed E-state index contributed by atoms with van der Waals surface area (Å²) in [7, 11) is 0. The number of carboxylic acid groups (broad SMARTS) is 1. The fourth-order valence-corrected chi connectivity index (χ4v) is 4.04. The summed E-state index contributed by atoms with van der Waals surface area (Å²) < 4.78 is 4.87. The smallest absolute Gasteiger partial charge is 0.352 e. The number of thioether (sulfide) groups is 1. The van der Waals surface area contributed by atoms with Crippen LogP contribution in [-0.2, 0) is 19.1 Å². The van der Waals surface area contributed by atoms with Gasteiger partial charge in [0.15, 0.2) is 0 Å². The van der Waals surface area contributed by atoms with Gasteiger partial charge >= 0.3 is 11.9 Å². The van der Waals surface area contributed by atoms with E-state index in [1.165, 1.54) is 43.2 Å². The number of pyridine rings is 1.